The Morgan fingerprint density at radius 3 is 3.10 bits per heavy atom. The van der Waals surface area contributed by atoms with Crippen LogP contribution in [-0.2, 0) is 6.54 Å². The second kappa shape index (κ2) is 6.80. The molecule has 0 unspecified atom stereocenters. The summed E-state index contributed by atoms with van der Waals surface area (Å²) < 4.78 is 13.4. The maximum absolute atomic E-state index is 13.4. The number of halogens is 1. The summed E-state index contributed by atoms with van der Waals surface area (Å²) in [6.45, 7) is 0.580. The quantitative estimate of drug-likeness (QED) is 0.842. The second-order valence-corrected chi connectivity index (χ2v) is 4.80. The van der Waals surface area contributed by atoms with Crippen molar-refractivity contribution in [2.45, 2.75) is 6.54 Å². The van der Waals surface area contributed by atoms with Crippen molar-refractivity contribution >= 4 is 17.2 Å². The molecule has 20 heavy (non-hydrogen) atoms. The van der Waals surface area contributed by atoms with Crippen molar-refractivity contribution in [1.29, 1.82) is 0 Å². The summed E-state index contributed by atoms with van der Waals surface area (Å²) in [7, 11) is 0. The van der Waals surface area contributed by atoms with E-state index >= 15 is 0 Å². The van der Waals surface area contributed by atoms with E-state index in [4.69, 9.17) is 5.73 Å². The molecule has 0 saturated carbocycles. The number of hydrogen-bond donors (Lipinski definition) is 2. The zero-order valence-corrected chi connectivity index (χ0v) is 11.3. The maximum Gasteiger partial charge on any atom is 0.254 e. The molecule has 0 aromatic carbocycles. The third-order valence-electron chi connectivity index (χ3n) is 2.50. The van der Waals surface area contributed by atoms with Gasteiger partial charge in [-0.15, -0.1) is 11.3 Å². The Morgan fingerprint density at radius 1 is 1.50 bits per heavy atom. The van der Waals surface area contributed by atoms with E-state index in [1.54, 1.807) is 0 Å². The average molecular weight is 289 g/mol. The molecule has 0 saturated heterocycles. The molecule has 0 fully saturated rings. The van der Waals surface area contributed by atoms with Gasteiger partial charge in [0.05, 0.1) is 24.8 Å². The lowest BCUT2D eigenvalue weighted by Crippen LogP contribution is -2.23. The topological polar surface area (TPSA) is 68.0 Å². The molecule has 0 spiro atoms. The molecular formula is C14H12FN3OS. The third-order valence-corrected chi connectivity index (χ3v) is 3.42. The molecule has 3 N–H and O–H groups in total. The van der Waals surface area contributed by atoms with Gasteiger partial charge in [-0.2, -0.15) is 0 Å². The van der Waals surface area contributed by atoms with Crippen LogP contribution in [0.15, 0.2) is 29.9 Å². The smallest absolute Gasteiger partial charge is 0.254 e. The first-order valence-corrected chi connectivity index (χ1v) is 6.73. The Balaban J connectivity index is 2.04. The minimum Gasteiger partial charge on any atom is -0.347 e. The largest absolute Gasteiger partial charge is 0.347 e. The van der Waals surface area contributed by atoms with Crippen LogP contribution in [0.3, 0.4) is 0 Å². The number of nitrogens with zero attached hydrogens (tertiary/aromatic N) is 1. The zero-order valence-electron chi connectivity index (χ0n) is 10.5. The van der Waals surface area contributed by atoms with E-state index in [2.05, 4.69) is 22.1 Å². The highest BCUT2D eigenvalue weighted by atomic mass is 32.1. The number of aromatic nitrogens is 1. The number of thiophene rings is 1. The Labute approximate surface area is 119 Å². The molecule has 4 nitrogen and oxygen atoms in total. The first kappa shape index (κ1) is 14.2. The van der Waals surface area contributed by atoms with E-state index in [9.17, 15) is 9.18 Å². The van der Waals surface area contributed by atoms with Crippen molar-refractivity contribution in [3.05, 3.63) is 51.7 Å². The molecule has 0 aliphatic carbocycles. The van der Waals surface area contributed by atoms with Crippen LogP contribution in [0.4, 0.5) is 4.39 Å². The predicted molar refractivity (Wildman–Crippen MR) is 75.6 cm³/mol. The van der Waals surface area contributed by atoms with E-state index in [1.165, 1.54) is 23.6 Å². The molecule has 1 amide bonds. The number of carbonyl (C=O) groups excluding carboxylic acids is 1. The molecule has 2 rings (SSSR count). The molecule has 6 heteroatoms. The minimum atomic E-state index is -0.640. The van der Waals surface area contributed by atoms with E-state index in [0.29, 0.717) is 6.54 Å². The third kappa shape index (κ3) is 3.41. The van der Waals surface area contributed by atoms with Gasteiger partial charge in [-0.05, 0) is 17.5 Å². The summed E-state index contributed by atoms with van der Waals surface area (Å²) in [5.41, 5.74) is 6.13. The molecule has 2 aromatic heterocycles. The number of pyridine rings is 1. The monoisotopic (exact) mass is 289 g/mol. The SMILES string of the molecule is NCC#Cc1ccsc1CNC(=O)c1ccncc1F. The lowest BCUT2D eigenvalue weighted by molar-refractivity contribution is 0.0947. The summed E-state index contributed by atoms with van der Waals surface area (Å²) in [6.07, 6.45) is 2.39. The predicted octanol–water partition coefficient (Wildman–Crippen LogP) is 1.52. The number of nitrogens with one attached hydrogen (secondary N) is 1. The lowest BCUT2D eigenvalue weighted by atomic mass is 10.2. The average Bonchev–Trinajstić information content (AvgIpc) is 2.90. The zero-order chi connectivity index (χ0) is 14.4. The summed E-state index contributed by atoms with van der Waals surface area (Å²) in [4.78, 5) is 16.4. The first-order chi connectivity index (χ1) is 9.72. The van der Waals surface area contributed by atoms with Gasteiger partial charge in [0, 0.05) is 16.6 Å². The van der Waals surface area contributed by atoms with Crippen molar-refractivity contribution in [3.63, 3.8) is 0 Å². The van der Waals surface area contributed by atoms with Crippen molar-refractivity contribution in [2.75, 3.05) is 6.54 Å². The van der Waals surface area contributed by atoms with Gasteiger partial charge in [-0.3, -0.25) is 9.78 Å². The molecule has 0 radical (unpaired) electrons. The van der Waals surface area contributed by atoms with Crippen LogP contribution in [0.1, 0.15) is 20.8 Å². The highest BCUT2D eigenvalue weighted by Crippen LogP contribution is 2.15. The van der Waals surface area contributed by atoms with E-state index < -0.39 is 11.7 Å². The van der Waals surface area contributed by atoms with Gasteiger partial charge in [0.15, 0.2) is 5.82 Å². The standard InChI is InChI=1S/C14H12FN3OS/c15-12-8-17-6-3-11(12)14(19)18-9-13-10(2-1-5-16)4-7-20-13/h3-4,6-8H,5,9,16H2,(H,18,19). The number of hydrogen-bond acceptors (Lipinski definition) is 4. The van der Waals surface area contributed by atoms with E-state index in [-0.39, 0.29) is 12.1 Å². The Morgan fingerprint density at radius 2 is 2.35 bits per heavy atom. The summed E-state index contributed by atoms with van der Waals surface area (Å²) >= 11 is 1.48. The summed E-state index contributed by atoms with van der Waals surface area (Å²) in [6, 6.07) is 3.20. The molecule has 0 aliphatic heterocycles. The first-order valence-electron chi connectivity index (χ1n) is 5.85. The molecule has 0 aliphatic rings. The van der Waals surface area contributed by atoms with Crippen LogP contribution in [0.25, 0.3) is 0 Å². The van der Waals surface area contributed by atoms with Crippen LogP contribution in [0.5, 0.6) is 0 Å². The fourth-order valence-corrected chi connectivity index (χ4v) is 2.32. The van der Waals surface area contributed by atoms with Gasteiger partial charge < -0.3 is 11.1 Å². The van der Waals surface area contributed by atoms with Crippen molar-refractivity contribution in [3.8, 4) is 11.8 Å². The van der Waals surface area contributed by atoms with Crippen molar-refractivity contribution < 1.29 is 9.18 Å². The normalized spacial score (nSPS) is 9.70. The summed E-state index contributed by atoms with van der Waals surface area (Å²) in [5.74, 6) is 4.58. The number of rotatable bonds is 3. The Hall–Kier alpha value is -2.23. The van der Waals surface area contributed by atoms with Crippen LogP contribution >= 0.6 is 11.3 Å². The number of nitrogens with two attached hydrogens (primary N) is 1. The fraction of sp³-hybridized carbons (Fsp3) is 0.143. The summed E-state index contributed by atoms with van der Waals surface area (Å²) in [5, 5.41) is 4.55. The van der Waals surface area contributed by atoms with Gasteiger partial charge >= 0.3 is 0 Å². The van der Waals surface area contributed by atoms with Crippen molar-refractivity contribution in [2.24, 2.45) is 5.73 Å². The molecule has 0 atom stereocenters. The highest BCUT2D eigenvalue weighted by molar-refractivity contribution is 7.10. The van der Waals surface area contributed by atoms with Gasteiger partial charge in [0.25, 0.3) is 5.91 Å². The highest BCUT2D eigenvalue weighted by Gasteiger charge is 2.11. The van der Waals surface area contributed by atoms with Gasteiger partial charge in [-0.25, -0.2) is 4.39 Å². The lowest BCUT2D eigenvalue weighted by Gasteiger charge is -2.05. The van der Waals surface area contributed by atoms with Gasteiger partial charge in [0.1, 0.15) is 0 Å². The van der Waals surface area contributed by atoms with Crippen LogP contribution in [0.2, 0.25) is 0 Å². The van der Waals surface area contributed by atoms with E-state index in [0.717, 1.165) is 16.6 Å². The molecular weight excluding hydrogens is 277 g/mol. The number of carbonyl (C=O) groups is 1. The molecule has 102 valence electrons. The Kier molecular flexibility index (Phi) is 4.82. The van der Waals surface area contributed by atoms with Crippen molar-refractivity contribution in [1.82, 2.24) is 10.3 Å². The van der Waals surface area contributed by atoms with Crippen LogP contribution in [-0.4, -0.2) is 17.4 Å². The fourth-order valence-electron chi connectivity index (χ4n) is 1.55. The van der Waals surface area contributed by atoms with Crippen LogP contribution < -0.4 is 11.1 Å². The molecule has 2 aromatic rings. The second-order valence-electron chi connectivity index (χ2n) is 3.80. The van der Waals surface area contributed by atoms with Crippen LogP contribution in [0, 0.1) is 17.7 Å². The Bertz CT molecular complexity index is 672. The van der Waals surface area contributed by atoms with E-state index in [1.807, 2.05) is 11.4 Å². The minimum absolute atomic E-state index is 0.0221. The van der Waals surface area contributed by atoms with Gasteiger partial charge in [-0.1, -0.05) is 11.8 Å². The maximum atomic E-state index is 13.4. The number of amides is 1. The van der Waals surface area contributed by atoms with Gasteiger partial charge in [0.2, 0.25) is 0 Å². The molecule has 2 heterocycles. The molecule has 0 bridgehead atoms.